The number of alkyl halides is 2. The van der Waals surface area contributed by atoms with Gasteiger partial charge in [0.2, 0.25) is 0 Å². The minimum absolute atomic E-state index is 0.00812. The van der Waals surface area contributed by atoms with Gasteiger partial charge < -0.3 is 5.11 Å². The van der Waals surface area contributed by atoms with Crippen molar-refractivity contribution in [1.82, 2.24) is 0 Å². The maximum Gasteiger partial charge on any atom is 0.335 e. The zero-order valence-electron chi connectivity index (χ0n) is 13.9. The van der Waals surface area contributed by atoms with E-state index in [1.807, 2.05) is 24.3 Å². The van der Waals surface area contributed by atoms with Gasteiger partial charge in [-0.2, -0.15) is 0 Å². The summed E-state index contributed by atoms with van der Waals surface area (Å²) in [5.74, 6) is -0.974. The Bertz CT molecular complexity index is 724. The van der Waals surface area contributed by atoms with E-state index in [0.29, 0.717) is 5.56 Å². The first-order valence-corrected chi connectivity index (χ1v) is 10.0. The van der Waals surface area contributed by atoms with Crippen LogP contribution in [0.2, 0.25) is 0 Å². The highest BCUT2D eigenvalue weighted by Crippen LogP contribution is 2.33. The fourth-order valence-electron chi connectivity index (χ4n) is 2.49. The van der Waals surface area contributed by atoms with Crippen LogP contribution in [0, 0.1) is 0 Å². The van der Waals surface area contributed by atoms with E-state index in [-0.39, 0.29) is 16.2 Å². The van der Waals surface area contributed by atoms with Gasteiger partial charge in [-0.1, -0.05) is 81.6 Å². The first kappa shape index (κ1) is 19.9. The normalized spacial score (nSPS) is 13.2. The van der Waals surface area contributed by atoms with Gasteiger partial charge in [0.15, 0.2) is 5.78 Å². The second-order valence-electron chi connectivity index (χ2n) is 5.90. The summed E-state index contributed by atoms with van der Waals surface area (Å²) < 4.78 is 0. The fraction of sp³-hybridized carbons (Fsp3) is 0.300. The van der Waals surface area contributed by atoms with Crippen molar-refractivity contribution in [3.63, 3.8) is 0 Å². The van der Waals surface area contributed by atoms with Gasteiger partial charge in [-0.15, -0.1) is 0 Å². The molecule has 0 saturated carbocycles. The van der Waals surface area contributed by atoms with Gasteiger partial charge in [0, 0.05) is 5.56 Å². The first-order valence-electron chi connectivity index (χ1n) is 8.18. The number of aromatic carboxylic acids is 1. The summed E-state index contributed by atoms with van der Waals surface area (Å²) in [4.78, 5) is 22.9. The Kier molecular flexibility index (Phi) is 7.38. The molecule has 0 radical (unpaired) electrons. The number of hydrogen-bond donors (Lipinski definition) is 1. The van der Waals surface area contributed by atoms with Crippen LogP contribution in [-0.4, -0.2) is 21.7 Å². The maximum atomic E-state index is 12.7. The average Bonchev–Trinajstić information content (AvgIpc) is 2.65. The fourth-order valence-corrected chi connectivity index (χ4v) is 3.60. The Morgan fingerprint density at radius 3 is 2.04 bits per heavy atom. The summed E-state index contributed by atoms with van der Waals surface area (Å²) in [5.41, 5.74) is 2.97. The largest absolute Gasteiger partial charge is 0.478 e. The molecule has 0 aromatic heterocycles. The topological polar surface area (TPSA) is 54.4 Å². The van der Waals surface area contributed by atoms with E-state index in [2.05, 4.69) is 38.8 Å². The van der Waals surface area contributed by atoms with Crippen LogP contribution in [0.25, 0.3) is 0 Å². The lowest BCUT2D eigenvalue weighted by Crippen LogP contribution is -2.19. The molecule has 0 aliphatic heterocycles. The highest BCUT2D eigenvalue weighted by atomic mass is 79.9. The number of carbonyl (C=O) groups is 2. The van der Waals surface area contributed by atoms with Crippen molar-refractivity contribution in [2.75, 3.05) is 0 Å². The lowest BCUT2D eigenvalue weighted by atomic mass is 9.99. The molecule has 0 fully saturated rings. The van der Waals surface area contributed by atoms with Crippen molar-refractivity contribution in [1.29, 1.82) is 0 Å². The molecule has 2 atom stereocenters. The minimum atomic E-state index is -0.965. The van der Waals surface area contributed by atoms with E-state index >= 15 is 0 Å². The molecule has 25 heavy (non-hydrogen) atoms. The van der Waals surface area contributed by atoms with Gasteiger partial charge in [0.25, 0.3) is 0 Å². The van der Waals surface area contributed by atoms with Gasteiger partial charge >= 0.3 is 5.97 Å². The monoisotopic (exact) mass is 466 g/mol. The zero-order valence-corrected chi connectivity index (χ0v) is 17.1. The number of aryl methyl sites for hydroxylation is 1. The number of carboxylic acids is 1. The first-order chi connectivity index (χ1) is 11.9. The van der Waals surface area contributed by atoms with Crippen molar-refractivity contribution < 1.29 is 14.7 Å². The van der Waals surface area contributed by atoms with Crippen LogP contribution < -0.4 is 0 Å². The summed E-state index contributed by atoms with van der Waals surface area (Å²) >= 11 is 7.02. The third-order valence-corrected chi connectivity index (χ3v) is 6.75. The number of benzene rings is 2. The molecule has 2 unspecified atom stereocenters. The number of hydrogen-bond acceptors (Lipinski definition) is 2. The van der Waals surface area contributed by atoms with Crippen molar-refractivity contribution in [3.05, 3.63) is 70.8 Å². The molecule has 2 aromatic carbocycles. The molecular formula is C20H20Br2O3. The number of carbonyl (C=O) groups excluding carboxylic acids is 1. The Morgan fingerprint density at radius 2 is 1.52 bits per heavy atom. The quantitative estimate of drug-likeness (QED) is 0.393. The third-order valence-electron chi connectivity index (χ3n) is 4.04. The number of unbranched alkanes of at least 4 members (excludes halogenated alkanes) is 1. The van der Waals surface area contributed by atoms with E-state index in [1.165, 1.54) is 5.56 Å². The van der Waals surface area contributed by atoms with Crippen LogP contribution in [0.1, 0.15) is 56.4 Å². The molecule has 5 heteroatoms. The van der Waals surface area contributed by atoms with E-state index < -0.39 is 10.8 Å². The summed E-state index contributed by atoms with van der Waals surface area (Å²) in [7, 11) is 0. The Labute approximate surface area is 164 Å². The van der Waals surface area contributed by atoms with Gasteiger partial charge in [0.1, 0.15) is 0 Å². The van der Waals surface area contributed by atoms with Crippen molar-refractivity contribution in [2.24, 2.45) is 0 Å². The Morgan fingerprint density at radius 1 is 0.960 bits per heavy atom. The number of rotatable bonds is 8. The molecule has 1 N–H and O–H groups in total. The minimum Gasteiger partial charge on any atom is -0.478 e. The molecule has 0 bridgehead atoms. The molecular weight excluding hydrogens is 448 g/mol. The molecule has 0 spiro atoms. The van der Waals surface area contributed by atoms with Gasteiger partial charge in [0.05, 0.1) is 15.2 Å². The second-order valence-corrected chi connectivity index (χ2v) is 7.87. The second kappa shape index (κ2) is 9.30. The Balaban J connectivity index is 2.08. The number of ketones is 1. The highest BCUT2D eigenvalue weighted by Gasteiger charge is 2.26. The number of carboxylic acid groups (broad SMARTS) is 1. The van der Waals surface area contributed by atoms with E-state index in [0.717, 1.165) is 24.8 Å². The van der Waals surface area contributed by atoms with Crippen LogP contribution in [-0.2, 0) is 6.42 Å². The summed E-state index contributed by atoms with van der Waals surface area (Å²) in [6, 6.07) is 14.3. The maximum absolute atomic E-state index is 12.7. The number of Topliss-reactive ketones (excluding diaryl/α,β-unsaturated/α-hetero) is 1. The van der Waals surface area contributed by atoms with Crippen LogP contribution >= 0.6 is 31.9 Å². The number of halogens is 2. The molecule has 2 rings (SSSR count). The van der Waals surface area contributed by atoms with Crippen LogP contribution in [0.5, 0.6) is 0 Å². The SMILES string of the molecule is CCCCc1ccc(C(=O)C(Br)C(Br)c2ccc(C(=O)O)cc2)cc1. The zero-order chi connectivity index (χ0) is 18.4. The predicted octanol–water partition coefficient (Wildman–Crippen LogP) is 5.81. The van der Waals surface area contributed by atoms with E-state index in [1.54, 1.807) is 24.3 Å². The average molecular weight is 468 g/mol. The lowest BCUT2D eigenvalue weighted by Gasteiger charge is -2.16. The van der Waals surface area contributed by atoms with E-state index in [9.17, 15) is 9.59 Å². The Hall–Kier alpha value is -1.46. The molecule has 0 heterocycles. The van der Waals surface area contributed by atoms with Crippen LogP contribution in [0.15, 0.2) is 48.5 Å². The standard InChI is InChI=1S/C20H20Br2O3/c1-2-3-4-13-5-7-15(8-6-13)19(23)18(22)17(21)14-9-11-16(12-10-14)20(24)25/h5-12,17-18H,2-4H2,1H3,(H,24,25). The van der Waals surface area contributed by atoms with Crippen molar-refractivity contribution in [2.45, 2.75) is 35.8 Å². The summed E-state index contributed by atoms with van der Waals surface area (Å²) in [6.45, 7) is 2.16. The van der Waals surface area contributed by atoms with Gasteiger partial charge in [-0.3, -0.25) is 4.79 Å². The summed E-state index contributed by atoms with van der Waals surface area (Å²) in [6.07, 6.45) is 3.32. The van der Waals surface area contributed by atoms with Crippen molar-refractivity contribution in [3.8, 4) is 0 Å². The molecule has 0 amide bonds. The molecule has 0 saturated heterocycles. The molecule has 0 aliphatic carbocycles. The predicted molar refractivity (Wildman–Crippen MR) is 107 cm³/mol. The van der Waals surface area contributed by atoms with E-state index in [4.69, 9.17) is 5.11 Å². The molecule has 2 aromatic rings. The molecule has 0 aliphatic rings. The van der Waals surface area contributed by atoms with Gasteiger partial charge in [-0.05, 0) is 36.1 Å². The third kappa shape index (κ3) is 5.25. The van der Waals surface area contributed by atoms with Crippen LogP contribution in [0.4, 0.5) is 0 Å². The van der Waals surface area contributed by atoms with Crippen molar-refractivity contribution >= 4 is 43.6 Å². The summed E-state index contributed by atoms with van der Waals surface area (Å²) in [5, 5.41) is 8.96. The smallest absolute Gasteiger partial charge is 0.335 e. The van der Waals surface area contributed by atoms with Crippen LogP contribution in [0.3, 0.4) is 0 Å². The lowest BCUT2D eigenvalue weighted by molar-refractivity contribution is 0.0696. The highest BCUT2D eigenvalue weighted by molar-refractivity contribution is 9.12. The molecule has 3 nitrogen and oxygen atoms in total. The van der Waals surface area contributed by atoms with Gasteiger partial charge in [-0.25, -0.2) is 4.79 Å². The molecule has 132 valence electrons.